The lowest BCUT2D eigenvalue weighted by Crippen LogP contribution is -2.43. The van der Waals surface area contributed by atoms with Gasteiger partial charge in [0.05, 0.1) is 30.7 Å². The number of urea groups is 1. The number of ether oxygens (including phenoxy) is 1. The Labute approximate surface area is 212 Å². The van der Waals surface area contributed by atoms with Gasteiger partial charge in [-0.3, -0.25) is 4.90 Å². The van der Waals surface area contributed by atoms with Crippen LogP contribution in [0.4, 0.5) is 9.18 Å². The first-order chi connectivity index (χ1) is 17.4. The van der Waals surface area contributed by atoms with Gasteiger partial charge in [0.1, 0.15) is 11.6 Å². The highest BCUT2D eigenvalue weighted by molar-refractivity contribution is 5.74. The third-order valence-corrected chi connectivity index (χ3v) is 6.46. The highest BCUT2D eigenvalue weighted by Crippen LogP contribution is 2.28. The molecule has 4 rings (SSSR count). The maximum atomic E-state index is 13.6. The molecule has 190 valence electrons. The number of aromatic nitrogens is 2. The molecular weight excluding hydrogens is 457 g/mol. The van der Waals surface area contributed by atoms with Crippen LogP contribution in [0.2, 0.25) is 0 Å². The van der Waals surface area contributed by atoms with E-state index in [1.54, 1.807) is 30.2 Å². The second kappa shape index (κ2) is 11.4. The minimum absolute atomic E-state index is 0.0135. The summed E-state index contributed by atoms with van der Waals surface area (Å²) in [6.07, 6.45) is 2.47. The van der Waals surface area contributed by atoms with Gasteiger partial charge in [0.25, 0.3) is 0 Å². The van der Waals surface area contributed by atoms with Crippen LogP contribution in [-0.4, -0.2) is 51.9 Å². The highest BCUT2D eigenvalue weighted by Gasteiger charge is 2.28. The Balaban J connectivity index is 1.64. The van der Waals surface area contributed by atoms with E-state index < -0.39 is 0 Å². The number of halogens is 1. The second-order valence-corrected chi connectivity index (χ2v) is 9.27. The van der Waals surface area contributed by atoms with Crippen molar-refractivity contribution < 1.29 is 13.9 Å². The predicted octanol–water partition coefficient (Wildman–Crippen LogP) is 4.68. The number of hydrogen-bond acceptors (Lipinski definition) is 4. The molecule has 0 bridgehead atoms. The molecule has 0 aliphatic carbocycles. The number of nitrogens with zero attached hydrogens (tertiary/aromatic N) is 4. The molecule has 1 aliphatic heterocycles. The second-order valence-electron chi connectivity index (χ2n) is 9.27. The molecule has 3 aromatic rings. The topological polar surface area (TPSA) is 62.6 Å². The highest BCUT2D eigenvalue weighted by atomic mass is 19.1. The first kappa shape index (κ1) is 25.4. The van der Waals surface area contributed by atoms with Gasteiger partial charge in [0.2, 0.25) is 0 Å². The molecule has 0 fully saturated rings. The lowest BCUT2D eigenvalue weighted by molar-refractivity contribution is 0.179. The fourth-order valence-electron chi connectivity index (χ4n) is 4.50. The summed E-state index contributed by atoms with van der Waals surface area (Å²) in [5.74, 6) is 0.557. The van der Waals surface area contributed by atoms with Crippen LogP contribution in [0.15, 0.2) is 61.2 Å². The Morgan fingerprint density at radius 3 is 2.58 bits per heavy atom. The molecule has 0 spiro atoms. The Morgan fingerprint density at radius 1 is 1.22 bits per heavy atom. The number of methoxy groups -OCH3 is 1. The zero-order valence-corrected chi connectivity index (χ0v) is 21.2. The van der Waals surface area contributed by atoms with Gasteiger partial charge in [0, 0.05) is 44.2 Å². The van der Waals surface area contributed by atoms with Gasteiger partial charge in [-0.05, 0) is 55.8 Å². The molecule has 0 atom stereocenters. The maximum Gasteiger partial charge on any atom is 0.318 e. The summed E-state index contributed by atoms with van der Waals surface area (Å²) < 4.78 is 20.8. The quantitative estimate of drug-likeness (QED) is 0.442. The van der Waals surface area contributed by atoms with Crippen molar-refractivity contribution in [3.63, 3.8) is 0 Å². The van der Waals surface area contributed by atoms with E-state index in [1.165, 1.54) is 17.7 Å². The van der Waals surface area contributed by atoms with Crippen LogP contribution in [0.1, 0.15) is 36.4 Å². The van der Waals surface area contributed by atoms with Gasteiger partial charge < -0.3 is 15.0 Å². The summed E-state index contributed by atoms with van der Waals surface area (Å²) in [6, 6.07) is 14.3. The Hall–Kier alpha value is -3.65. The molecule has 8 heteroatoms. The number of rotatable bonds is 9. The maximum absolute atomic E-state index is 13.6. The van der Waals surface area contributed by atoms with Crippen molar-refractivity contribution in [2.75, 3.05) is 20.2 Å². The van der Waals surface area contributed by atoms with Crippen LogP contribution in [0.5, 0.6) is 5.75 Å². The van der Waals surface area contributed by atoms with Gasteiger partial charge in [-0.1, -0.05) is 18.2 Å². The van der Waals surface area contributed by atoms with Crippen LogP contribution < -0.4 is 10.1 Å². The van der Waals surface area contributed by atoms with Gasteiger partial charge in [-0.25, -0.2) is 13.9 Å². The van der Waals surface area contributed by atoms with Crippen molar-refractivity contribution in [1.29, 1.82) is 0 Å². The van der Waals surface area contributed by atoms with Gasteiger partial charge in [-0.15, -0.1) is 6.58 Å². The average molecular weight is 492 g/mol. The minimum atomic E-state index is -0.282. The molecule has 2 amide bonds. The lowest BCUT2D eigenvalue weighted by atomic mass is 10.0. The van der Waals surface area contributed by atoms with Crippen molar-refractivity contribution in [2.45, 2.75) is 45.9 Å². The van der Waals surface area contributed by atoms with Crippen LogP contribution in [0, 0.1) is 5.82 Å². The van der Waals surface area contributed by atoms with Crippen molar-refractivity contribution >= 4 is 6.03 Å². The van der Waals surface area contributed by atoms with E-state index in [0.29, 0.717) is 13.1 Å². The molecule has 2 heterocycles. The number of benzene rings is 2. The third kappa shape index (κ3) is 5.76. The molecule has 36 heavy (non-hydrogen) atoms. The summed E-state index contributed by atoms with van der Waals surface area (Å²) in [7, 11) is 1.67. The van der Waals surface area contributed by atoms with Crippen LogP contribution in [0.3, 0.4) is 0 Å². The van der Waals surface area contributed by atoms with Crippen LogP contribution >= 0.6 is 0 Å². The number of fused-ring (bicyclic) bond motifs is 1. The summed E-state index contributed by atoms with van der Waals surface area (Å²) in [5, 5.41) is 7.83. The molecule has 0 unspecified atom stereocenters. The number of nitrogens with one attached hydrogen (secondary N) is 1. The Bertz CT molecular complexity index is 1190. The molecular formula is C28H34FN5O2. The molecule has 1 aliphatic rings. The summed E-state index contributed by atoms with van der Waals surface area (Å²) in [4.78, 5) is 17.0. The monoisotopic (exact) mass is 491 g/mol. The van der Waals surface area contributed by atoms with Gasteiger partial charge in [0.15, 0.2) is 0 Å². The van der Waals surface area contributed by atoms with Crippen molar-refractivity contribution in [1.82, 2.24) is 24.9 Å². The first-order valence-corrected chi connectivity index (χ1v) is 12.3. The summed E-state index contributed by atoms with van der Waals surface area (Å²) in [5.41, 5.74) is 5.12. The van der Waals surface area contributed by atoms with Crippen molar-refractivity contribution in [3.05, 3.63) is 89.5 Å². The number of hydrogen-bond donors (Lipinski definition) is 1. The third-order valence-electron chi connectivity index (χ3n) is 6.46. The minimum Gasteiger partial charge on any atom is -0.497 e. The van der Waals surface area contributed by atoms with E-state index in [2.05, 4.69) is 28.9 Å². The fourth-order valence-corrected chi connectivity index (χ4v) is 4.50. The zero-order valence-electron chi connectivity index (χ0n) is 21.2. The van der Waals surface area contributed by atoms with E-state index in [4.69, 9.17) is 9.84 Å². The molecule has 0 saturated carbocycles. The first-order valence-electron chi connectivity index (χ1n) is 12.3. The lowest BCUT2D eigenvalue weighted by Gasteiger charge is -2.29. The summed E-state index contributed by atoms with van der Waals surface area (Å²) >= 11 is 0. The van der Waals surface area contributed by atoms with Gasteiger partial charge in [-0.2, -0.15) is 5.10 Å². The van der Waals surface area contributed by atoms with Crippen molar-refractivity contribution in [3.8, 4) is 11.4 Å². The summed E-state index contributed by atoms with van der Waals surface area (Å²) in [6.45, 7) is 10.9. The fraction of sp³-hybridized carbons (Fsp3) is 0.357. The van der Waals surface area contributed by atoms with E-state index in [9.17, 15) is 9.18 Å². The number of carbonyl (C=O) groups excluding carboxylic acids is 1. The Morgan fingerprint density at radius 2 is 1.94 bits per heavy atom. The largest absolute Gasteiger partial charge is 0.497 e. The molecule has 0 radical (unpaired) electrons. The normalized spacial score (nSPS) is 13.4. The van der Waals surface area contributed by atoms with Crippen LogP contribution in [-0.2, 0) is 26.1 Å². The molecule has 2 aromatic carbocycles. The standard InChI is InChI=1S/C28H34FN5O2/c1-5-15-30-28(35)33(20(2)3)19-26-25-18-32(17-21-6-12-24(36-4)13-7-21)16-14-27(25)34(31-26)23-10-8-22(29)9-11-23/h5-13,20H,1,14-19H2,2-4H3,(H,30,35). The van der Waals surface area contributed by atoms with Crippen molar-refractivity contribution in [2.24, 2.45) is 0 Å². The predicted molar refractivity (Wildman–Crippen MR) is 139 cm³/mol. The number of amides is 2. The van der Waals surface area contributed by atoms with E-state index in [0.717, 1.165) is 54.4 Å². The molecule has 7 nitrogen and oxygen atoms in total. The Kier molecular flexibility index (Phi) is 8.05. The smallest absolute Gasteiger partial charge is 0.318 e. The van der Waals surface area contributed by atoms with E-state index in [-0.39, 0.29) is 17.9 Å². The molecule has 0 saturated heterocycles. The average Bonchev–Trinajstić information content (AvgIpc) is 3.24. The van der Waals surface area contributed by atoms with E-state index >= 15 is 0 Å². The SMILES string of the molecule is C=CCNC(=O)N(Cc1nn(-c2ccc(F)cc2)c2c1CN(Cc1ccc(OC)cc1)CC2)C(C)C. The molecule has 1 aromatic heterocycles. The van der Waals surface area contributed by atoms with Gasteiger partial charge >= 0.3 is 6.03 Å². The zero-order chi connectivity index (χ0) is 25.7. The molecule has 1 N–H and O–H groups in total. The van der Waals surface area contributed by atoms with E-state index in [1.807, 2.05) is 30.7 Å². The number of carbonyl (C=O) groups is 1. The van der Waals surface area contributed by atoms with Crippen LogP contribution in [0.25, 0.3) is 5.69 Å².